The van der Waals surface area contributed by atoms with Gasteiger partial charge < -0.3 is 15.0 Å². The lowest BCUT2D eigenvalue weighted by atomic mass is 9.97. The molecule has 8 heteroatoms. The van der Waals surface area contributed by atoms with Gasteiger partial charge in [-0.25, -0.2) is 12.7 Å². The zero-order valence-corrected chi connectivity index (χ0v) is 16.4. The molecular formula is C19H27N3O4S. The molecule has 7 nitrogen and oxygen atoms in total. The van der Waals surface area contributed by atoms with Crippen LogP contribution in [-0.2, 0) is 26.0 Å². The topological polar surface area (TPSA) is 91.5 Å². The maximum Gasteiger partial charge on any atom is 0.223 e. The third-order valence-electron chi connectivity index (χ3n) is 5.13. The van der Waals surface area contributed by atoms with Gasteiger partial charge in [0.1, 0.15) is 0 Å². The molecule has 2 aromatic rings. The smallest absolute Gasteiger partial charge is 0.223 e. The normalized spacial score (nSPS) is 16.6. The summed E-state index contributed by atoms with van der Waals surface area (Å²) in [5.74, 6) is -0.115. The van der Waals surface area contributed by atoms with Gasteiger partial charge in [0.2, 0.25) is 15.9 Å². The summed E-state index contributed by atoms with van der Waals surface area (Å²) in [6.07, 6.45) is 3.87. The van der Waals surface area contributed by atoms with Crippen molar-refractivity contribution in [2.45, 2.75) is 19.3 Å². The van der Waals surface area contributed by atoms with E-state index in [2.05, 4.69) is 16.4 Å². The Bertz CT molecular complexity index is 870. The van der Waals surface area contributed by atoms with Crippen molar-refractivity contribution >= 4 is 26.8 Å². The number of H-pyrrole nitrogens is 1. The molecule has 1 aromatic carbocycles. The van der Waals surface area contributed by atoms with Gasteiger partial charge in [0.15, 0.2) is 0 Å². The van der Waals surface area contributed by atoms with E-state index in [1.54, 1.807) is 0 Å². The molecule has 0 unspecified atom stereocenters. The van der Waals surface area contributed by atoms with Crippen LogP contribution in [0.3, 0.4) is 0 Å². The van der Waals surface area contributed by atoms with Gasteiger partial charge in [-0.15, -0.1) is 0 Å². The number of aromatic nitrogens is 1. The minimum Gasteiger partial charge on any atom is -0.384 e. The minimum atomic E-state index is -3.29. The van der Waals surface area contributed by atoms with Crippen LogP contribution < -0.4 is 5.32 Å². The summed E-state index contributed by atoms with van der Waals surface area (Å²) >= 11 is 0. The van der Waals surface area contributed by atoms with Gasteiger partial charge in [0, 0.05) is 49.8 Å². The van der Waals surface area contributed by atoms with Crippen LogP contribution in [0.1, 0.15) is 18.4 Å². The number of para-hydroxylation sites is 1. The number of rotatable bonds is 8. The number of nitrogens with one attached hydrogen (secondary N) is 2. The van der Waals surface area contributed by atoms with E-state index in [0.29, 0.717) is 32.5 Å². The monoisotopic (exact) mass is 393 g/mol. The van der Waals surface area contributed by atoms with Crippen molar-refractivity contribution in [1.82, 2.24) is 14.6 Å². The second-order valence-electron chi connectivity index (χ2n) is 6.88. The first-order valence-corrected chi connectivity index (χ1v) is 10.9. The number of carbonyl (C=O) groups is 1. The van der Waals surface area contributed by atoms with Crippen molar-refractivity contribution in [2.75, 3.05) is 39.1 Å². The molecule has 1 amide bonds. The van der Waals surface area contributed by atoms with Crippen LogP contribution in [-0.4, -0.2) is 62.7 Å². The number of nitrogens with zero attached hydrogens (tertiary/aromatic N) is 1. The van der Waals surface area contributed by atoms with Gasteiger partial charge in [0.05, 0.1) is 12.4 Å². The first-order valence-electron chi connectivity index (χ1n) is 9.31. The molecule has 27 heavy (non-hydrogen) atoms. The van der Waals surface area contributed by atoms with E-state index in [1.165, 1.54) is 22.4 Å². The molecular weight excluding hydrogens is 366 g/mol. The van der Waals surface area contributed by atoms with Crippen molar-refractivity contribution in [1.29, 1.82) is 0 Å². The summed E-state index contributed by atoms with van der Waals surface area (Å²) in [5.41, 5.74) is 2.28. The number of hydrogen-bond donors (Lipinski definition) is 2. The van der Waals surface area contributed by atoms with E-state index in [1.807, 2.05) is 24.4 Å². The van der Waals surface area contributed by atoms with Crippen molar-refractivity contribution in [3.8, 4) is 0 Å². The fourth-order valence-electron chi connectivity index (χ4n) is 3.52. The predicted octanol–water partition coefficient (Wildman–Crippen LogP) is 1.51. The minimum absolute atomic E-state index is 0.00894. The Labute approximate surface area is 160 Å². The molecule has 2 heterocycles. The number of amides is 1. The van der Waals surface area contributed by atoms with E-state index < -0.39 is 10.0 Å². The molecule has 1 aliphatic heterocycles. The third-order valence-corrected chi connectivity index (χ3v) is 6.97. The zero-order valence-electron chi connectivity index (χ0n) is 15.6. The van der Waals surface area contributed by atoms with E-state index in [0.717, 1.165) is 11.9 Å². The first-order chi connectivity index (χ1) is 13.0. The average molecular weight is 394 g/mol. The lowest BCUT2D eigenvalue weighted by molar-refractivity contribution is -0.126. The Morgan fingerprint density at radius 2 is 2.04 bits per heavy atom. The summed E-state index contributed by atoms with van der Waals surface area (Å²) in [4.78, 5) is 15.7. The SMILES string of the molecule is COCCS(=O)(=O)N1CCC(C(=O)NCCc2c[nH]c3ccccc23)CC1. The highest BCUT2D eigenvalue weighted by molar-refractivity contribution is 7.89. The second kappa shape index (κ2) is 8.86. The summed E-state index contributed by atoms with van der Waals surface area (Å²) in [7, 11) is -1.80. The second-order valence-corrected chi connectivity index (χ2v) is 8.97. The van der Waals surface area contributed by atoms with E-state index in [-0.39, 0.29) is 24.2 Å². The number of sulfonamides is 1. The highest BCUT2D eigenvalue weighted by Crippen LogP contribution is 2.21. The number of hydrogen-bond acceptors (Lipinski definition) is 4. The van der Waals surface area contributed by atoms with Crippen LogP contribution in [0.25, 0.3) is 10.9 Å². The number of carbonyl (C=O) groups excluding carboxylic acids is 1. The predicted molar refractivity (Wildman–Crippen MR) is 105 cm³/mol. The Morgan fingerprint density at radius 1 is 1.30 bits per heavy atom. The molecule has 1 fully saturated rings. The number of fused-ring (bicyclic) bond motifs is 1. The highest BCUT2D eigenvalue weighted by atomic mass is 32.2. The van der Waals surface area contributed by atoms with Crippen LogP contribution in [0, 0.1) is 5.92 Å². The Kier molecular flexibility index (Phi) is 6.51. The van der Waals surface area contributed by atoms with Crippen LogP contribution in [0.4, 0.5) is 0 Å². The van der Waals surface area contributed by atoms with Gasteiger partial charge in [0.25, 0.3) is 0 Å². The summed E-state index contributed by atoms with van der Waals surface area (Å²) in [5, 5.41) is 4.18. The maximum atomic E-state index is 12.4. The van der Waals surface area contributed by atoms with Gasteiger partial charge in [-0.1, -0.05) is 18.2 Å². The quantitative estimate of drug-likeness (QED) is 0.711. The lowest BCUT2D eigenvalue weighted by Gasteiger charge is -2.30. The molecule has 1 aliphatic rings. The number of aromatic amines is 1. The standard InChI is InChI=1S/C19H27N3O4S/c1-26-12-13-27(24,25)22-10-7-15(8-11-22)19(23)20-9-6-16-14-21-18-5-3-2-4-17(16)18/h2-5,14-15,21H,6-13H2,1H3,(H,20,23). The molecule has 0 saturated carbocycles. The van der Waals surface area contributed by atoms with Crippen molar-refractivity contribution < 1.29 is 17.9 Å². The summed E-state index contributed by atoms with van der Waals surface area (Å²) in [6, 6.07) is 8.10. The van der Waals surface area contributed by atoms with Gasteiger partial charge in [-0.2, -0.15) is 0 Å². The van der Waals surface area contributed by atoms with Crippen molar-refractivity contribution in [3.05, 3.63) is 36.0 Å². The summed E-state index contributed by atoms with van der Waals surface area (Å²) in [6.45, 7) is 1.56. The molecule has 2 N–H and O–H groups in total. The molecule has 0 aliphatic carbocycles. The number of ether oxygens (including phenoxy) is 1. The average Bonchev–Trinajstić information content (AvgIpc) is 3.10. The van der Waals surface area contributed by atoms with Crippen LogP contribution in [0.5, 0.6) is 0 Å². The Morgan fingerprint density at radius 3 is 2.78 bits per heavy atom. The molecule has 0 bridgehead atoms. The zero-order chi connectivity index (χ0) is 19.3. The molecule has 3 rings (SSSR count). The summed E-state index contributed by atoms with van der Waals surface area (Å²) < 4.78 is 30.7. The number of benzene rings is 1. The van der Waals surface area contributed by atoms with Gasteiger partial charge in [-0.3, -0.25) is 4.79 Å². The van der Waals surface area contributed by atoms with Gasteiger partial charge >= 0.3 is 0 Å². The number of piperidine rings is 1. The highest BCUT2D eigenvalue weighted by Gasteiger charge is 2.30. The van der Waals surface area contributed by atoms with Crippen LogP contribution in [0.15, 0.2) is 30.5 Å². The molecule has 1 aromatic heterocycles. The molecule has 1 saturated heterocycles. The van der Waals surface area contributed by atoms with E-state index >= 15 is 0 Å². The maximum absolute atomic E-state index is 12.4. The van der Waals surface area contributed by atoms with E-state index in [9.17, 15) is 13.2 Å². The molecule has 0 radical (unpaired) electrons. The lowest BCUT2D eigenvalue weighted by Crippen LogP contribution is -2.44. The fraction of sp³-hybridized carbons (Fsp3) is 0.526. The molecule has 148 valence electrons. The third kappa shape index (κ3) is 4.88. The van der Waals surface area contributed by atoms with Crippen LogP contribution in [0.2, 0.25) is 0 Å². The Hall–Kier alpha value is -1.90. The number of methoxy groups -OCH3 is 1. The Balaban J connectivity index is 1.44. The molecule has 0 atom stereocenters. The largest absolute Gasteiger partial charge is 0.384 e. The van der Waals surface area contributed by atoms with E-state index in [4.69, 9.17) is 4.74 Å². The van der Waals surface area contributed by atoms with Crippen LogP contribution >= 0.6 is 0 Å². The van der Waals surface area contributed by atoms with Crippen molar-refractivity contribution in [3.63, 3.8) is 0 Å². The first kappa shape index (κ1) is 19.9. The molecule has 0 spiro atoms. The fourth-order valence-corrected chi connectivity index (χ4v) is 4.92. The van der Waals surface area contributed by atoms with Gasteiger partial charge in [-0.05, 0) is 30.9 Å². The van der Waals surface area contributed by atoms with Crippen molar-refractivity contribution in [2.24, 2.45) is 5.92 Å².